The molecule has 0 radical (unpaired) electrons. The molecule has 0 saturated carbocycles. The SMILES string of the molecule is CCCOc1cc(NCc2ccccc2)nc(C(C)(C)C)n1. The normalized spacial score (nSPS) is 11.3. The Bertz CT molecular complexity index is 591. The fraction of sp³-hybridized carbons (Fsp3) is 0.444. The van der Waals surface area contributed by atoms with E-state index in [1.54, 1.807) is 0 Å². The molecular weight excluding hydrogens is 274 g/mol. The molecule has 1 aromatic heterocycles. The zero-order valence-corrected chi connectivity index (χ0v) is 13.9. The number of benzene rings is 1. The Hall–Kier alpha value is -2.10. The van der Waals surface area contributed by atoms with Crippen molar-refractivity contribution in [2.45, 2.75) is 46.1 Å². The lowest BCUT2D eigenvalue weighted by molar-refractivity contribution is 0.301. The van der Waals surface area contributed by atoms with E-state index in [0.717, 1.165) is 24.6 Å². The monoisotopic (exact) mass is 299 g/mol. The van der Waals surface area contributed by atoms with Gasteiger partial charge >= 0.3 is 0 Å². The van der Waals surface area contributed by atoms with Gasteiger partial charge in [-0.2, -0.15) is 4.98 Å². The van der Waals surface area contributed by atoms with Crippen molar-refractivity contribution in [1.29, 1.82) is 0 Å². The lowest BCUT2D eigenvalue weighted by Crippen LogP contribution is -2.18. The molecule has 4 nitrogen and oxygen atoms in total. The van der Waals surface area contributed by atoms with E-state index in [0.29, 0.717) is 12.5 Å². The zero-order chi connectivity index (χ0) is 16.0. The van der Waals surface area contributed by atoms with Gasteiger partial charge in [0.25, 0.3) is 0 Å². The van der Waals surface area contributed by atoms with Gasteiger partial charge in [0.05, 0.1) is 6.61 Å². The van der Waals surface area contributed by atoms with Gasteiger partial charge in [-0.05, 0) is 12.0 Å². The topological polar surface area (TPSA) is 47.0 Å². The molecule has 2 aromatic rings. The van der Waals surface area contributed by atoms with Crippen LogP contribution in [-0.4, -0.2) is 16.6 Å². The summed E-state index contributed by atoms with van der Waals surface area (Å²) in [7, 11) is 0. The molecule has 0 aliphatic rings. The average Bonchev–Trinajstić information content (AvgIpc) is 2.51. The molecule has 1 N–H and O–H groups in total. The van der Waals surface area contributed by atoms with E-state index < -0.39 is 0 Å². The minimum Gasteiger partial charge on any atom is -0.478 e. The Labute approximate surface area is 133 Å². The van der Waals surface area contributed by atoms with Crippen LogP contribution >= 0.6 is 0 Å². The van der Waals surface area contributed by atoms with Crippen LogP contribution in [0.1, 0.15) is 45.5 Å². The molecule has 0 saturated heterocycles. The third-order valence-corrected chi connectivity index (χ3v) is 3.14. The van der Waals surface area contributed by atoms with E-state index in [1.807, 2.05) is 24.3 Å². The first-order valence-electron chi connectivity index (χ1n) is 7.79. The summed E-state index contributed by atoms with van der Waals surface area (Å²) in [6, 6.07) is 12.1. The molecule has 0 amide bonds. The van der Waals surface area contributed by atoms with Crippen LogP contribution in [0.25, 0.3) is 0 Å². The standard InChI is InChI=1S/C18H25N3O/c1-5-11-22-16-12-15(20-17(21-16)18(2,3)4)19-13-14-9-7-6-8-10-14/h6-10,12H,5,11,13H2,1-4H3,(H,19,20,21). The van der Waals surface area contributed by atoms with Crippen molar-refractivity contribution in [1.82, 2.24) is 9.97 Å². The Morgan fingerprint density at radius 2 is 1.82 bits per heavy atom. The second-order valence-electron chi connectivity index (χ2n) is 6.35. The molecule has 22 heavy (non-hydrogen) atoms. The van der Waals surface area contributed by atoms with Crippen LogP contribution in [-0.2, 0) is 12.0 Å². The average molecular weight is 299 g/mol. The zero-order valence-electron chi connectivity index (χ0n) is 13.9. The fourth-order valence-corrected chi connectivity index (χ4v) is 1.92. The van der Waals surface area contributed by atoms with Crippen LogP contribution in [0.3, 0.4) is 0 Å². The van der Waals surface area contributed by atoms with Gasteiger partial charge < -0.3 is 10.1 Å². The first-order chi connectivity index (χ1) is 10.5. The van der Waals surface area contributed by atoms with Crippen molar-refractivity contribution < 1.29 is 4.74 Å². The van der Waals surface area contributed by atoms with Gasteiger partial charge in [-0.25, -0.2) is 4.98 Å². The predicted octanol–water partition coefficient (Wildman–Crippen LogP) is 4.18. The highest BCUT2D eigenvalue weighted by atomic mass is 16.5. The highest BCUT2D eigenvalue weighted by Gasteiger charge is 2.19. The van der Waals surface area contributed by atoms with E-state index in [1.165, 1.54) is 5.56 Å². The summed E-state index contributed by atoms with van der Waals surface area (Å²) in [6.45, 7) is 9.79. The van der Waals surface area contributed by atoms with Crippen molar-refractivity contribution in [3.63, 3.8) is 0 Å². The van der Waals surface area contributed by atoms with Gasteiger partial charge in [-0.3, -0.25) is 0 Å². The molecule has 4 heteroatoms. The molecule has 0 bridgehead atoms. The third kappa shape index (κ3) is 4.72. The van der Waals surface area contributed by atoms with Crippen molar-refractivity contribution in [2.75, 3.05) is 11.9 Å². The summed E-state index contributed by atoms with van der Waals surface area (Å²) in [5.41, 5.74) is 1.10. The van der Waals surface area contributed by atoms with Gasteiger partial charge in [0.1, 0.15) is 11.6 Å². The van der Waals surface area contributed by atoms with Crippen LogP contribution in [0.5, 0.6) is 5.88 Å². The second kappa shape index (κ2) is 7.25. The number of hydrogen-bond donors (Lipinski definition) is 1. The van der Waals surface area contributed by atoms with Crippen LogP contribution in [0.2, 0.25) is 0 Å². The summed E-state index contributed by atoms with van der Waals surface area (Å²) >= 11 is 0. The van der Waals surface area contributed by atoms with E-state index in [-0.39, 0.29) is 5.41 Å². The second-order valence-corrected chi connectivity index (χ2v) is 6.35. The summed E-state index contributed by atoms with van der Waals surface area (Å²) in [6.07, 6.45) is 0.960. The van der Waals surface area contributed by atoms with Crippen molar-refractivity contribution in [2.24, 2.45) is 0 Å². The maximum absolute atomic E-state index is 5.69. The molecular formula is C18H25N3O. The predicted molar refractivity (Wildman–Crippen MR) is 90.3 cm³/mol. The number of nitrogens with zero attached hydrogens (tertiary/aromatic N) is 2. The molecule has 1 aromatic carbocycles. The van der Waals surface area contributed by atoms with E-state index in [9.17, 15) is 0 Å². The quantitative estimate of drug-likeness (QED) is 0.869. The summed E-state index contributed by atoms with van der Waals surface area (Å²) in [5.74, 6) is 2.23. The maximum atomic E-state index is 5.69. The Morgan fingerprint density at radius 3 is 2.45 bits per heavy atom. The highest BCUT2D eigenvalue weighted by Crippen LogP contribution is 2.23. The lowest BCUT2D eigenvalue weighted by atomic mass is 9.96. The minimum absolute atomic E-state index is 0.116. The summed E-state index contributed by atoms with van der Waals surface area (Å²) in [4.78, 5) is 9.15. The first kappa shape index (κ1) is 16.3. The van der Waals surface area contributed by atoms with E-state index >= 15 is 0 Å². The Morgan fingerprint density at radius 1 is 1.09 bits per heavy atom. The molecule has 0 spiro atoms. The van der Waals surface area contributed by atoms with Gasteiger partial charge in [0.15, 0.2) is 0 Å². The third-order valence-electron chi connectivity index (χ3n) is 3.14. The van der Waals surface area contributed by atoms with Crippen LogP contribution in [0.4, 0.5) is 5.82 Å². The molecule has 118 valence electrons. The summed E-state index contributed by atoms with van der Waals surface area (Å²) in [5, 5.41) is 3.36. The maximum Gasteiger partial charge on any atom is 0.218 e. The number of rotatable bonds is 6. The van der Waals surface area contributed by atoms with E-state index in [2.05, 4.69) is 55.1 Å². The molecule has 1 heterocycles. The fourth-order valence-electron chi connectivity index (χ4n) is 1.92. The molecule has 0 aliphatic carbocycles. The molecule has 0 fully saturated rings. The van der Waals surface area contributed by atoms with Gasteiger partial charge in [0.2, 0.25) is 5.88 Å². The highest BCUT2D eigenvalue weighted by molar-refractivity contribution is 5.40. The number of ether oxygens (including phenoxy) is 1. The van der Waals surface area contributed by atoms with E-state index in [4.69, 9.17) is 4.74 Å². The lowest BCUT2D eigenvalue weighted by Gasteiger charge is -2.19. The van der Waals surface area contributed by atoms with Gasteiger partial charge in [0, 0.05) is 18.0 Å². The summed E-state index contributed by atoms with van der Waals surface area (Å²) < 4.78 is 5.69. The van der Waals surface area contributed by atoms with Crippen LogP contribution in [0.15, 0.2) is 36.4 Å². The first-order valence-corrected chi connectivity index (χ1v) is 7.79. The molecule has 0 atom stereocenters. The number of aromatic nitrogens is 2. The number of anilines is 1. The van der Waals surface area contributed by atoms with Crippen LogP contribution in [0, 0.1) is 0 Å². The molecule has 2 rings (SSSR count). The largest absolute Gasteiger partial charge is 0.478 e. The number of hydrogen-bond acceptors (Lipinski definition) is 4. The molecule has 0 aliphatic heterocycles. The smallest absolute Gasteiger partial charge is 0.218 e. The van der Waals surface area contributed by atoms with Crippen LogP contribution < -0.4 is 10.1 Å². The number of nitrogens with one attached hydrogen (secondary N) is 1. The van der Waals surface area contributed by atoms with Gasteiger partial charge in [-0.15, -0.1) is 0 Å². The van der Waals surface area contributed by atoms with Crippen molar-refractivity contribution in [3.05, 3.63) is 47.8 Å². The Kier molecular flexibility index (Phi) is 5.36. The Balaban J connectivity index is 2.18. The minimum atomic E-state index is -0.116. The van der Waals surface area contributed by atoms with Crippen molar-refractivity contribution in [3.8, 4) is 5.88 Å². The van der Waals surface area contributed by atoms with Gasteiger partial charge in [-0.1, -0.05) is 58.0 Å². The molecule has 0 unspecified atom stereocenters. The van der Waals surface area contributed by atoms with Crippen molar-refractivity contribution >= 4 is 5.82 Å².